The standard InChI is InChI=1S/C32H31F3N6O3/c1-20-18-38-30(39-20)29-17-26(6-7-36-29)44-25-4-5-28-21(13-25)12-22(19-37-28)31(42)40-24-14-23(32(33,34)35)15-27(16-24)43-11-10-41-8-2-3-9-41/h4-7,12-17,19-20H,2-3,8-11,18H2,1H3,(H,38,39)(H,40,42). The van der Waals surface area contributed by atoms with Gasteiger partial charge in [0.05, 0.1) is 22.7 Å². The first-order valence-corrected chi connectivity index (χ1v) is 14.4. The van der Waals surface area contributed by atoms with Crippen molar-refractivity contribution < 1.29 is 27.4 Å². The van der Waals surface area contributed by atoms with Gasteiger partial charge in [-0.2, -0.15) is 13.2 Å². The SMILES string of the molecule is CC1CNC(c2cc(Oc3ccc4ncc(C(=O)Nc5cc(OCCN6CCCC6)cc(C(F)(F)F)c5)cc4c3)ccn2)=N1. The molecule has 0 bridgehead atoms. The number of nitrogens with one attached hydrogen (secondary N) is 2. The summed E-state index contributed by atoms with van der Waals surface area (Å²) in [7, 11) is 0. The Bertz CT molecular complexity index is 1700. The minimum atomic E-state index is -4.61. The van der Waals surface area contributed by atoms with Crippen LogP contribution in [0.3, 0.4) is 0 Å². The Labute approximate surface area is 252 Å². The Morgan fingerprint density at radius 1 is 1.02 bits per heavy atom. The summed E-state index contributed by atoms with van der Waals surface area (Å²) >= 11 is 0. The summed E-state index contributed by atoms with van der Waals surface area (Å²) in [6.45, 7) is 5.55. The smallest absolute Gasteiger partial charge is 0.416 e. The van der Waals surface area contributed by atoms with E-state index < -0.39 is 17.6 Å². The van der Waals surface area contributed by atoms with E-state index >= 15 is 0 Å². The zero-order valence-corrected chi connectivity index (χ0v) is 24.0. The average Bonchev–Trinajstić information content (AvgIpc) is 3.68. The maximum absolute atomic E-state index is 13.6. The molecule has 12 heteroatoms. The van der Waals surface area contributed by atoms with Crippen molar-refractivity contribution in [2.45, 2.75) is 32.0 Å². The molecule has 4 aromatic rings. The van der Waals surface area contributed by atoms with Crippen LogP contribution in [0.25, 0.3) is 10.9 Å². The van der Waals surface area contributed by atoms with E-state index in [0.717, 1.165) is 44.6 Å². The highest BCUT2D eigenvalue weighted by molar-refractivity contribution is 6.06. The molecular formula is C32H31F3N6O3. The highest BCUT2D eigenvalue weighted by Crippen LogP contribution is 2.34. The molecule has 0 spiro atoms. The van der Waals surface area contributed by atoms with Gasteiger partial charge in [-0.25, -0.2) is 0 Å². The van der Waals surface area contributed by atoms with Crippen molar-refractivity contribution >= 4 is 28.3 Å². The number of aliphatic imine (C=N–C) groups is 1. The van der Waals surface area contributed by atoms with Crippen molar-refractivity contribution in [2.75, 3.05) is 38.1 Å². The summed E-state index contributed by atoms with van der Waals surface area (Å²) in [5.74, 6) is 1.21. The van der Waals surface area contributed by atoms with Gasteiger partial charge in [-0.05, 0) is 75.3 Å². The Kier molecular flexibility index (Phi) is 8.34. The topological polar surface area (TPSA) is 101 Å². The minimum Gasteiger partial charge on any atom is -0.492 e. The molecule has 228 valence electrons. The molecule has 2 aromatic carbocycles. The van der Waals surface area contributed by atoms with Crippen molar-refractivity contribution in [3.63, 3.8) is 0 Å². The van der Waals surface area contributed by atoms with Gasteiger partial charge in [-0.1, -0.05) is 0 Å². The number of benzene rings is 2. The molecule has 1 atom stereocenters. The Morgan fingerprint density at radius 2 is 1.84 bits per heavy atom. The van der Waals surface area contributed by atoms with Crippen molar-refractivity contribution in [1.29, 1.82) is 0 Å². The number of aromatic nitrogens is 2. The van der Waals surface area contributed by atoms with Crippen molar-refractivity contribution in [1.82, 2.24) is 20.2 Å². The monoisotopic (exact) mass is 604 g/mol. The molecule has 2 aliphatic heterocycles. The van der Waals surface area contributed by atoms with Crippen molar-refractivity contribution in [3.05, 3.63) is 83.8 Å². The Morgan fingerprint density at radius 3 is 2.61 bits per heavy atom. The molecule has 44 heavy (non-hydrogen) atoms. The fourth-order valence-corrected chi connectivity index (χ4v) is 5.17. The van der Waals surface area contributed by atoms with Crippen molar-refractivity contribution in [2.24, 2.45) is 4.99 Å². The van der Waals surface area contributed by atoms with E-state index in [1.165, 1.54) is 12.3 Å². The molecule has 1 saturated heterocycles. The molecule has 1 fully saturated rings. The summed E-state index contributed by atoms with van der Waals surface area (Å²) in [5.41, 5.74) is 0.532. The van der Waals surface area contributed by atoms with Gasteiger partial charge < -0.3 is 20.1 Å². The number of fused-ring (bicyclic) bond motifs is 1. The summed E-state index contributed by atoms with van der Waals surface area (Å²) in [4.78, 5) is 28.6. The van der Waals surface area contributed by atoms with Gasteiger partial charge in [0.15, 0.2) is 0 Å². The number of halogens is 3. The lowest BCUT2D eigenvalue weighted by molar-refractivity contribution is -0.137. The summed E-state index contributed by atoms with van der Waals surface area (Å²) in [6.07, 6.45) is 0.628. The normalized spacial score (nSPS) is 16.9. The first-order chi connectivity index (χ1) is 21.2. The number of pyridine rings is 2. The highest BCUT2D eigenvalue weighted by atomic mass is 19.4. The van der Waals surface area contributed by atoms with Gasteiger partial charge >= 0.3 is 6.18 Å². The van der Waals surface area contributed by atoms with Gasteiger partial charge in [0.1, 0.15) is 35.4 Å². The molecule has 2 N–H and O–H groups in total. The number of anilines is 1. The number of carbonyl (C=O) groups is 1. The molecule has 0 saturated carbocycles. The zero-order valence-electron chi connectivity index (χ0n) is 24.0. The fourth-order valence-electron chi connectivity index (χ4n) is 5.17. The predicted molar refractivity (Wildman–Crippen MR) is 161 cm³/mol. The molecular weight excluding hydrogens is 573 g/mol. The third-order valence-electron chi connectivity index (χ3n) is 7.41. The molecule has 6 rings (SSSR count). The molecule has 2 aromatic heterocycles. The zero-order chi connectivity index (χ0) is 30.7. The predicted octanol–water partition coefficient (Wildman–Crippen LogP) is 5.91. The number of likely N-dealkylation sites (tertiary alicyclic amines) is 1. The maximum atomic E-state index is 13.6. The number of amidine groups is 1. The summed E-state index contributed by atoms with van der Waals surface area (Å²) < 4.78 is 52.7. The largest absolute Gasteiger partial charge is 0.492 e. The second-order valence-electron chi connectivity index (χ2n) is 10.9. The molecule has 2 aliphatic rings. The summed E-state index contributed by atoms with van der Waals surface area (Å²) in [5, 5.41) is 6.42. The van der Waals surface area contributed by atoms with Crippen LogP contribution >= 0.6 is 0 Å². The van der Waals surface area contributed by atoms with Crippen LogP contribution in [0.15, 0.2) is 72.0 Å². The third-order valence-corrected chi connectivity index (χ3v) is 7.41. The van der Waals surface area contributed by atoms with Crippen LogP contribution in [-0.2, 0) is 6.18 Å². The van der Waals surface area contributed by atoms with Crippen molar-refractivity contribution in [3.8, 4) is 17.2 Å². The average molecular weight is 605 g/mol. The van der Waals surface area contributed by atoms with Gasteiger partial charge in [-0.3, -0.25) is 24.7 Å². The number of alkyl halides is 3. The van der Waals surface area contributed by atoms with Crippen LogP contribution < -0.4 is 20.1 Å². The van der Waals surface area contributed by atoms with Crippen LogP contribution in [0, 0.1) is 0 Å². The van der Waals surface area contributed by atoms with E-state index in [9.17, 15) is 18.0 Å². The number of amides is 1. The van der Waals surface area contributed by atoms with E-state index in [1.54, 1.807) is 42.6 Å². The second-order valence-corrected chi connectivity index (χ2v) is 10.9. The Balaban J connectivity index is 1.17. The van der Waals surface area contributed by atoms with E-state index in [-0.39, 0.29) is 29.6 Å². The number of rotatable bonds is 9. The number of carbonyl (C=O) groups excluding carboxylic acids is 1. The van der Waals surface area contributed by atoms with Crippen LogP contribution in [0.1, 0.15) is 41.4 Å². The van der Waals surface area contributed by atoms with Crippen LogP contribution in [0.2, 0.25) is 0 Å². The number of hydrogen-bond donors (Lipinski definition) is 2. The van der Waals surface area contributed by atoms with E-state index in [4.69, 9.17) is 9.47 Å². The number of hydrogen-bond acceptors (Lipinski definition) is 8. The molecule has 0 aliphatic carbocycles. The van der Waals surface area contributed by atoms with Gasteiger partial charge in [0, 0.05) is 48.7 Å². The van der Waals surface area contributed by atoms with Gasteiger partial charge in [-0.15, -0.1) is 0 Å². The Hall–Kier alpha value is -4.71. The number of nitrogens with zero attached hydrogens (tertiary/aromatic N) is 4. The highest BCUT2D eigenvalue weighted by Gasteiger charge is 2.32. The molecule has 4 heterocycles. The van der Waals surface area contributed by atoms with E-state index in [1.807, 2.05) is 6.92 Å². The maximum Gasteiger partial charge on any atom is 0.416 e. The molecule has 1 amide bonds. The lowest BCUT2D eigenvalue weighted by Gasteiger charge is -2.17. The first kappa shape index (κ1) is 29.4. The van der Waals surface area contributed by atoms with Gasteiger partial charge in [0.25, 0.3) is 5.91 Å². The van der Waals surface area contributed by atoms with E-state index in [0.29, 0.717) is 40.5 Å². The molecule has 1 unspecified atom stereocenters. The summed E-state index contributed by atoms with van der Waals surface area (Å²) in [6, 6.07) is 13.8. The third kappa shape index (κ3) is 7.08. The molecule has 9 nitrogen and oxygen atoms in total. The number of ether oxygens (including phenoxy) is 2. The first-order valence-electron chi connectivity index (χ1n) is 14.4. The van der Waals surface area contributed by atoms with Crippen LogP contribution in [-0.4, -0.2) is 65.4 Å². The quantitative estimate of drug-likeness (QED) is 0.245. The van der Waals surface area contributed by atoms with Gasteiger partial charge in [0.2, 0.25) is 0 Å². The lowest BCUT2D eigenvalue weighted by atomic mass is 10.1. The fraction of sp³-hybridized carbons (Fsp3) is 0.312. The van der Waals surface area contributed by atoms with Crippen LogP contribution in [0.4, 0.5) is 18.9 Å². The van der Waals surface area contributed by atoms with E-state index in [2.05, 4.69) is 30.5 Å². The second kappa shape index (κ2) is 12.5. The van der Waals surface area contributed by atoms with Crippen LogP contribution in [0.5, 0.6) is 17.2 Å². The lowest BCUT2D eigenvalue weighted by Crippen LogP contribution is -2.25. The molecule has 0 radical (unpaired) electrons. The minimum absolute atomic E-state index is 0.0255.